The Kier molecular flexibility index (Phi) is 3.59. The van der Waals surface area contributed by atoms with Crippen LogP contribution in [0.4, 0.5) is 0 Å². The molecule has 0 aromatic heterocycles. The van der Waals surface area contributed by atoms with Crippen molar-refractivity contribution in [3.05, 3.63) is 140 Å². The third kappa shape index (κ3) is 2.34. The molecule has 0 amide bonds. The van der Waals surface area contributed by atoms with Gasteiger partial charge >= 0.3 is 0 Å². The van der Waals surface area contributed by atoms with Crippen molar-refractivity contribution in [2.75, 3.05) is 0 Å². The van der Waals surface area contributed by atoms with E-state index in [2.05, 4.69) is 91.1 Å². The zero-order valence-electron chi connectivity index (χ0n) is 22.4. The fraction of sp³-hybridized carbons (Fsp3) is 0.200. The van der Waals surface area contributed by atoms with Gasteiger partial charge in [-0.2, -0.15) is 0 Å². The maximum Gasteiger partial charge on any atom is 0.0196 e. The van der Waals surface area contributed by atoms with Crippen molar-refractivity contribution in [1.82, 2.24) is 0 Å². The zero-order chi connectivity index (χ0) is 25.7. The first-order valence-electron chi connectivity index (χ1n) is 15.2. The molecule has 3 aromatic carbocycles. The van der Waals surface area contributed by atoms with Gasteiger partial charge in [-0.1, -0.05) is 60.7 Å². The molecular formula is C40H28. The summed E-state index contributed by atoms with van der Waals surface area (Å²) in [5.74, 6) is 1.68. The van der Waals surface area contributed by atoms with Crippen molar-refractivity contribution in [2.24, 2.45) is 17.8 Å². The lowest BCUT2D eigenvalue weighted by Crippen LogP contribution is -2.35. The summed E-state index contributed by atoms with van der Waals surface area (Å²) < 4.78 is 0. The van der Waals surface area contributed by atoms with Crippen molar-refractivity contribution in [1.29, 1.82) is 0 Å². The molecule has 0 N–H and O–H groups in total. The summed E-state index contributed by atoms with van der Waals surface area (Å²) in [7, 11) is 0. The summed E-state index contributed by atoms with van der Waals surface area (Å²) in [5.41, 5.74) is 19.9. The number of allylic oxidation sites excluding steroid dienone is 14. The van der Waals surface area contributed by atoms with Crippen molar-refractivity contribution in [3.8, 4) is 11.1 Å². The van der Waals surface area contributed by atoms with Crippen molar-refractivity contribution >= 4 is 33.1 Å². The second-order valence-electron chi connectivity index (χ2n) is 13.0. The summed E-state index contributed by atoms with van der Waals surface area (Å²) in [6.07, 6.45) is 25.3. The number of hydrogen-bond acceptors (Lipinski definition) is 0. The van der Waals surface area contributed by atoms with Gasteiger partial charge in [0.25, 0.3) is 0 Å². The summed E-state index contributed by atoms with van der Waals surface area (Å²) in [4.78, 5) is 0. The van der Waals surface area contributed by atoms with Gasteiger partial charge < -0.3 is 0 Å². The van der Waals surface area contributed by atoms with Gasteiger partial charge in [-0.05, 0) is 162 Å². The summed E-state index contributed by atoms with van der Waals surface area (Å²) in [6, 6.07) is 17.2. The van der Waals surface area contributed by atoms with Crippen molar-refractivity contribution in [3.63, 3.8) is 0 Å². The predicted molar refractivity (Wildman–Crippen MR) is 166 cm³/mol. The van der Waals surface area contributed by atoms with Gasteiger partial charge in [0.15, 0.2) is 0 Å². The number of fused-ring (bicyclic) bond motifs is 8. The lowest BCUT2D eigenvalue weighted by atomic mass is 9.64. The second-order valence-corrected chi connectivity index (χ2v) is 13.0. The molecule has 0 aliphatic heterocycles. The van der Waals surface area contributed by atoms with Crippen LogP contribution in [0.1, 0.15) is 48.8 Å². The number of rotatable bonds is 0. The Morgan fingerprint density at radius 1 is 0.775 bits per heavy atom. The Balaban J connectivity index is 1.17. The van der Waals surface area contributed by atoms with E-state index < -0.39 is 0 Å². The highest BCUT2D eigenvalue weighted by Gasteiger charge is 2.43. The molecule has 40 heavy (non-hydrogen) atoms. The standard InChI is InChI=1S/C40H28/c1-2-8-27-23(5-1)15-35-33-19-26-18-32-30-14-13-22-12-11-21-6-3-7-24-16-36(40(30)38(22)37(21)24)34(32)20-25(26)17-31(33)29-10-4-9-28(27)39(29)35/h2-4,6-12,16-21,23,37H,1,5,13-15H2. The molecule has 0 saturated heterocycles. The van der Waals surface area contributed by atoms with Crippen LogP contribution in [0.5, 0.6) is 0 Å². The Morgan fingerprint density at radius 2 is 1.65 bits per heavy atom. The summed E-state index contributed by atoms with van der Waals surface area (Å²) in [6.45, 7) is 0. The average molecular weight is 509 g/mol. The highest BCUT2D eigenvalue weighted by atomic mass is 14.5. The van der Waals surface area contributed by atoms with Crippen LogP contribution in [0.15, 0.2) is 113 Å². The molecule has 8 aliphatic rings. The molecular weight excluding hydrogens is 480 g/mol. The van der Waals surface area contributed by atoms with Gasteiger partial charge in [0, 0.05) is 11.8 Å². The van der Waals surface area contributed by atoms with Crippen LogP contribution in [0.2, 0.25) is 0 Å². The van der Waals surface area contributed by atoms with E-state index in [1.807, 2.05) is 0 Å². The molecule has 3 atom stereocenters. The Labute approximate surface area is 234 Å². The van der Waals surface area contributed by atoms with Gasteiger partial charge in [0.1, 0.15) is 0 Å². The summed E-state index contributed by atoms with van der Waals surface area (Å²) in [5, 5.41) is 5.80. The Bertz CT molecular complexity index is 2180. The molecule has 0 heterocycles. The van der Waals surface area contributed by atoms with Crippen LogP contribution in [0.25, 0.3) is 44.2 Å². The van der Waals surface area contributed by atoms with Crippen LogP contribution in [-0.2, 0) is 0 Å². The maximum absolute atomic E-state index is 2.55. The van der Waals surface area contributed by atoms with E-state index in [4.69, 9.17) is 0 Å². The number of benzene rings is 3. The molecule has 8 aliphatic carbocycles. The van der Waals surface area contributed by atoms with E-state index in [1.54, 1.807) is 33.4 Å². The van der Waals surface area contributed by atoms with E-state index >= 15 is 0 Å². The minimum Gasteiger partial charge on any atom is -0.0842 e. The minimum atomic E-state index is 0.504. The molecule has 0 bridgehead atoms. The molecule has 0 radical (unpaired) electrons. The SMILES string of the molecule is C1=CC2C=CC3=C4C5=C(CC3)c3cc6cc7c(cc6cc3C5=CC(=C1)C42)-c1cccc2c1=C7CC1CCC=CC=21. The average Bonchev–Trinajstić information content (AvgIpc) is 3.48. The minimum absolute atomic E-state index is 0.504. The second kappa shape index (κ2) is 6.94. The molecule has 0 heteroatoms. The molecule has 11 rings (SSSR count). The lowest BCUT2D eigenvalue weighted by Gasteiger charge is -2.40. The monoisotopic (exact) mass is 508 g/mol. The first kappa shape index (κ1) is 20.7. The molecule has 0 saturated carbocycles. The Hall–Kier alpha value is -4.16. The van der Waals surface area contributed by atoms with Crippen LogP contribution in [0.3, 0.4) is 0 Å². The van der Waals surface area contributed by atoms with E-state index in [-0.39, 0.29) is 0 Å². The van der Waals surface area contributed by atoms with Crippen LogP contribution < -0.4 is 10.4 Å². The third-order valence-electron chi connectivity index (χ3n) is 11.2. The van der Waals surface area contributed by atoms with Gasteiger partial charge in [-0.15, -0.1) is 0 Å². The third-order valence-corrected chi connectivity index (χ3v) is 11.2. The van der Waals surface area contributed by atoms with Crippen molar-refractivity contribution < 1.29 is 0 Å². The Morgan fingerprint density at radius 3 is 2.60 bits per heavy atom. The maximum atomic E-state index is 2.55. The largest absolute Gasteiger partial charge is 0.0842 e. The smallest absolute Gasteiger partial charge is 0.0196 e. The molecule has 0 spiro atoms. The fourth-order valence-electron chi connectivity index (χ4n) is 9.58. The van der Waals surface area contributed by atoms with Gasteiger partial charge in [-0.25, -0.2) is 0 Å². The van der Waals surface area contributed by atoms with Gasteiger partial charge in [-0.3, -0.25) is 0 Å². The van der Waals surface area contributed by atoms with Crippen LogP contribution >= 0.6 is 0 Å². The normalized spacial score (nSPS) is 26.9. The van der Waals surface area contributed by atoms with Crippen molar-refractivity contribution in [2.45, 2.75) is 32.1 Å². The van der Waals surface area contributed by atoms with E-state index in [1.165, 1.54) is 85.9 Å². The van der Waals surface area contributed by atoms with Crippen LogP contribution in [0, 0.1) is 17.8 Å². The first-order chi connectivity index (χ1) is 19.8. The lowest BCUT2D eigenvalue weighted by molar-refractivity contribution is 0.591. The molecule has 3 aromatic rings. The van der Waals surface area contributed by atoms with E-state index in [0.29, 0.717) is 17.8 Å². The van der Waals surface area contributed by atoms with Gasteiger partial charge in [0.05, 0.1) is 0 Å². The molecule has 0 nitrogen and oxygen atoms in total. The topological polar surface area (TPSA) is 0 Å². The zero-order valence-corrected chi connectivity index (χ0v) is 22.4. The van der Waals surface area contributed by atoms with Gasteiger partial charge in [0.2, 0.25) is 0 Å². The molecule has 3 unspecified atom stereocenters. The number of hydrogen-bond donors (Lipinski definition) is 0. The molecule has 188 valence electrons. The fourth-order valence-corrected chi connectivity index (χ4v) is 9.58. The predicted octanol–water partition coefficient (Wildman–Crippen LogP) is 8.09. The van der Waals surface area contributed by atoms with Crippen LogP contribution in [-0.4, -0.2) is 0 Å². The van der Waals surface area contributed by atoms with E-state index in [0.717, 1.165) is 6.42 Å². The molecule has 0 fully saturated rings. The highest BCUT2D eigenvalue weighted by Crippen LogP contribution is 2.59. The highest BCUT2D eigenvalue weighted by molar-refractivity contribution is 6.10. The quantitative estimate of drug-likeness (QED) is 0.288. The van der Waals surface area contributed by atoms with E-state index in [9.17, 15) is 0 Å². The summed E-state index contributed by atoms with van der Waals surface area (Å²) >= 11 is 0. The first-order valence-corrected chi connectivity index (χ1v) is 15.2.